The Labute approximate surface area is 738 Å². The Morgan fingerprint density at radius 1 is 0.181 bits per heavy atom. The second kappa shape index (κ2) is 33.5. The molecule has 596 valence electrons. The van der Waals surface area contributed by atoms with Crippen LogP contribution in [0.15, 0.2) is 455 Å². The van der Waals surface area contributed by atoms with Crippen LogP contribution in [0.2, 0.25) is 0 Å². The molecule has 0 radical (unpaired) electrons. The summed E-state index contributed by atoms with van der Waals surface area (Å²) in [5.74, 6) is 3.52. The second-order valence-corrected chi connectivity index (χ2v) is 35.3. The number of thiophene rings is 1. The molecule has 18 aromatic carbocycles. The summed E-state index contributed by atoms with van der Waals surface area (Å²) >= 11 is 1.85. The Morgan fingerprint density at radius 2 is 0.457 bits per heavy atom. The predicted molar refractivity (Wildman–Crippen MR) is 528 cm³/mol. The number of benzene rings is 18. The number of fused-ring (bicyclic) bond motifs is 9. The van der Waals surface area contributed by atoms with E-state index in [0.717, 1.165) is 132 Å². The lowest BCUT2D eigenvalue weighted by atomic mass is 9.92. The second-order valence-electron chi connectivity index (χ2n) is 31.5. The van der Waals surface area contributed by atoms with Crippen molar-refractivity contribution in [3.63, 3.8) is 0 Å². The monoisotopic (exact) mass is 1660 g/mol. The number of nitrogens with zero attached hydrogens (tertiary/aromatic N) is 8. The van der Waals surface area contributed by atoms with E-state index in [4.69, 9.17) is 39.9 Å². The summed E-state index contributed by atoms with van der Waals surface area (Å²) in [5, 5.41) is 11.7. The molecule has 23 rings (SSSR count). The molecular formula is C116H75N8OPS. The molecule has 0 saturated carbocycles. The third kappa shape index (κ3) is 14.9. The molecule has 0 saturated heterocycles. The average molecular weight is 1660 g/mol. The molecule has 0 spiro atoms. The topological polar surface area (TPSA) is 120 Å². The molecule has 11 heteroatoms. The fourth-order valence-electron chi connectivity index (χ4n) is 17.5. The van der Waals surface area contributed by atoms with Gasteiger partial charge in [-0.25, -0.2) is 39.9 Å². The SMILES string of the molecule is O=P(c1ccccc1)(c1ccccc1)c1ccc(-c2nc(-c3ccccc3)nc(-c3cccc(-c4ccc5c(c4)nc(-c4ccccc4)c4cccc(-c6ccccc6)c45)c3)n2)cc1.c1ccc(-c2nc(-c3ccc(-c4cccc5c4sc4ccccc45)cc3)nc(-c3cccc(-c4ccc5c(c4)nc(-c4ccccc4)c4cccc(-c6ccccc6)c45)c3)n2)cc1. The first kappa shape index (κ1) is 76.9. The number of hydrogen-bond acceptors (Lipinski definition) is 10. The first-order valence-corrected chi connectivity index (χ1v) is 45.0. The standard InChI is InChI=1S/C58H39N4OP.C58H36N4S/c63-64(47-26-12-4-13-27-47,48-28-14-5-15-29-48)49-35-32-43(33-36-49)57-60-56(42-22-10-3-11-23-42)61-58(62-57)46-25-16-24-44(38-46)45-34-37-51-53(39-45)59-55(41-20-8-2-9-21-41)52-31-17-30-50(54(51)52)40-18-6-1-7-19-40;1-4-15-37(16-5-1)45-24-13-27-50-53(45)49-34-33-43(36-51(49)59-54(50)39-17-6-2-7-18-39)42-21-12-22-44(35-42)58-61-56(40-19-8-3-9-20-40)60-57(62-58)41-31-29-38(30-32-41)46-25-14-26-48-47-23-10-11-28-52(47)63-55(46)48/h1-39H;1-36H. The van der Waals surface area contributed by atoms with Crippen LogP contribution in [-0.2, 0) is 4.57 Å². The highest BCUT2D eigenvalue weighted by Gasteiger charge is 2.30. The van der Waals surface area contributed by atoms with Gasteiger partial charge in [0.05, 0.1) is 22.4 Å². The fourth-order valence-corrected chi connectivity index (χ4v) is 21.4. The van der Waals surface area contributed by atoms with E-state index < -0.39 is 7.14 Å². The van der Waals surface area contributed by atoms with E-state index in [-0.39, 0.29) is 0 Å². The van der Waals surface area contributed by atoms with E-state index >= 15 is 4.57 Å². The number of hydrogen-bond donors (Lipinski definition) is 0. The van der Waals surface area contributed by atoms with Gasteiger partial charge >= 0.3 is 0 Å². The van der Waals surface area contributed by atoms with Crippen molar-refractivity contribution in [3.05, 3.63) is 455 Å². The summed E-state index contributed by atoms with van der Waals surface area (Å²) in [4.78, 5) is 41.2. The average Bonchev–Trinajstić information content (AvgIpc) is 1.36. The van der Waals surface area contributed by atoms with Gasteiger partial charge in [-0.3, -0.25) is 0 Å². The summed E-state index contributed by atoms with van der Waals surface area (Å²) in [7, 11) is -3.16. The van der Waals surface area contributed by atoms with Gasteiger partial charge in [-0.1, -0.05) is 425 Å². The van der Waals surface area contributed by atoms with E-state index in [1.807, 2.05) is 169 Å². The molecular weight excluding hydrogens is 1580 g/mol. The minimum atomic E-state index is -3.16. The lowest BCUT2D eigenvalue weighted by Gasteiger charge is -2.20. The number of pyridine rings is 2. The zero-order chi connectivity index (χ0) is 84.6. The van der Waals surface area contributed by atoms with Crippen molar-refractivity contribution >= 4 is 97.9 Å². The molecule has 0 aliphatic carbocycles. The van der Waals surface area contributed by atoms with Gasteiger partial charge in [0.1, 0.15) is 0 Å². The molecule has 23 aromatic rings. The maximum absolute atomic E-state index is 15.1. The van der Waals surface area contributed by atoms with Crippen molar-refractivity contribution < 1.29 is 4.57 Å². The Morgan fingerprint density at radius 3 is 0.882 bits per heavy atom. The summed E-state index contributed by atoms with van der Waals surface area (Å²) < 4.78 is 17.7. The Bertz CT molecular complexity index is 8080. The highest BCUT2D eigenvalue weighted by atomic mass is 32.1. The van der Waals surface area contributed by atoms with Crippen LogP contribution in [0.25, 0.3) is 210 Å². The fraction of sp³-hybridized carbons (Fsp3) is 0. The number of aromatic nitrogens is 8. The minimum Gasteiger partial charge on any atom is -0.309 e. The van der Waals surface area contributed by atoms with Gasteiger partial charge in [-0.2, -0.15) is 0 Å². The van der Waals surface area contributed by atoms with Crippen molar-refractivity contribution in [3.8, 4) is 146 Å². The molecule has 0 amide bonds. The molecule has 9 nitrogen and oxygen atoms in total. The van der Waals surface area contributed by atoms with Gasteiger partial charge in [-0.15, -0.1) is 11.3 Å². The largest absolute Gasteiger partial charge is 0.309 e. The van der Waals surface area contributed by atoms with Gasteiger partial charge < -0.3 is 4.57 Å². The van der Waals surface area contributed by atoms with Crippen molar-refractivity contribution in [1.29, 1.82) is 0 Å². The lowest BCUT2D eigenvalue weighted by molar-refractivity contribution is 0.592. The van der Waals surface area contributed by atoms with Crippen LogP contribution in [0.5, 0.6) is 0 Å². The normalized spacial score (nSPS) is 11.5. The van der Waals surface area contributed by atoms with Crippen LogP contribution >= 0.6 is 18.5 Å². The quantitative estimate of drug-likeness (QED) is 0.0688. The highest BCUT2D eigenvalue weighted by Crippen LogP contribution is 2.47. The third-order valence-corrected chi connectivity index (χ3v) is 28.0. The van der Waals surface area contributed by atoms with Crippen molar-refractivity contribution in [2.45, 2.75) is 0 Å². The van der Waals surface area contributed by atoms with Crippen LogP contribution in [0, 0.1) is 0 Å². The zero-order valence-electron chi connectivity index (χ0n) is 68.6. The van der Waals surface area contributed by atoms with Gasteiger partial charge in [0.2, 0.25) is 0 Å². The van der Waals surface area contributed by atoms with E-state index in [9.17, 15) is 0 Å². The summed E-state index contributed by atoms with van der Waals surface area (Å²) in [6.45, 7) is 0. The molecule has 0 unspecified atom stereocenters. The zero-order valence-corrected chi connectivity index (χ0v) is 70.4. The summed E-state index contributed by atoms with van der Waals surface area (Å²) in [5.41, 5.74) is 22.5. The molecule has 0 aliphatic rings. The van der Waals surface area contributed by atoms with E-state index in [1.165, 1.54) is 58.8 Å². The Hall–Kier alpha value is -16.2. The Kier molecular flexibility index (Phi) is 20.3. The highest BCUT2D eigenvalue weighted by molar-refractivity contribution is 7.85. The van der Waals surface area contributed by atoms with Crippen molar-refractivity contribution in [1.82, 2.24) is 39.9 Å². The third-order valence-electron chi connectivity index (χ3n) is 23.7. The van der Waals surface area contributed by atoms with E-state index in [2.05, 4.69) is 297 Å². The first-order valence-electron chi connectivity index (χ1n) is 42.4. The lowest BCUT2D eigenvalue weighted by Crippen LogP contribution is -2.24. The predicted octanol–water partition coefficient (Wildman–Crippen LogP) is 28.8. The van der Waals surface area contributed by atoms with Gasteiger partial charge in [0, 0.05) is 113 Å². The molecule has 0 atom stereocenters. The van der Waals surface area contributed by atoms with Crippen LogP contribution in [0.4, 0.5) is 0 Å². The van der Waals surface area contributed by atoms with E-state index in [1.54, 1.807) is 0 Å². The molecule has 0 aliphatic heterocycles. The van der Waals surface area contributed by atoms with Crippen LogP contribution in [0.3, 0.4) is 0 Å². The van der Waals surface area contributed by atoms with Crippen molar-refractivity contribution in [2.75, 3.05) is 0 Å². The Balaban J connectivity index is 0.000000150. The van der Waals surface area contributed by atoms with Gasteiger partial charge in [0.25, 0.3) is 0 Å². The number of rotatable bonds is 16. The van der Waals surface area contributed by atoms with Gasteiger partial charge in [-0.05, 0) is 86.0 Å². The maximum Gasteiger partial charge on any atom is 0.171 e. The van der Waals surface area contributed by atoms with Crippen LogP contribution < -0.4 is 15.9 Å². The van der Waals surface area contributed by atoms with Crippen LogP contribution in [-0.4, -0.2) is 39.9 Å². The van der Waals surface area contributed by atoms with Crippen LogP contribution in [0.1, 0.15) is 0 Å². The molecule has 0 fully saturated rings. The van der Waals surface area contributed by atoms with Crippen molar-refractivity contribution in [2.24, 2.45) is 0 Å². The molecule has 0 bridgehead atoms. The molecule has 5 aromatic heterocycles. The summed E-state index contributed by atoms with van der Waals surface area (Å²) in [6.07, 6.45) is 0. The van der Waals surface area contributed by atoms with E-state index in [0.29, 0.717) is 34.9 Å². The minimum absolute atomic E-state index is 0.527. The maximum atomic E-state index is 15.1. The molecule has 5 heterocycles. The summed E-state index contributed by atoms with van der Waals surface area (Å²) in [6, 6.07) is 157. The van der Waals surface area contributed by atoms with Gasteiger partial charge in [0.15, 0.2) is 42.1 Å². The first-order chi connectivity index (χ1) is 62.8. The molecule has 127 heavy (non-hydrogen) atoms. The molecule has 0 N–H and O–H groups in total. The smallest absolute Gasteiger partial charge is 0.171 e.